The van der Waals surface area contributed by atoms with Crippen molar-refractivity contribution < 1.29 is 23.5 Å². The van der Waals surface area contributed by atoms with E-state index in [0.29, 0.717) is 33.9 Å². The number of hydrogen-bond acceptors (Lipinski definition) is 4. The van der Waals surface area contributed by atoms with Crippen LogP contribution in [0.5, 0.6) is 0 Å². The second kappa shape index (κ2) is 10.6. The number of anilines is 1. The second-order valence-electron chi connectivity index (χ2n) is 8.10. The summed E-state index contributed by atoms with van der Waals surface area (Å²) in [7, 11) is 1.57. The van der Waals surface area contributed by atoms with Crippen molar-refractivity contribution in [3.8, 4) is 22.4 Å². The molecule has 4 rings (SSSR count). The molecule has 1 unspecified atom stereocenters. The van der Waals surface area contributed by atoms with Crippen molar-refractivity contribution in [2.75, 3.05) is 11.9 Å². The van der Waals surface area contributed by atoms with Crippen LogP contribution in [0.3, 0.4) is 0 Å². The van der Waals surface area contributed by atoms with Crippen molar-refractivity contribution in [2.24, 2.45) is 5.92 Å². The molecular weight excluding hydrogens is 470 g/mol. The molecule has 5 nitrogen and oxygen atoms in total. The third-order valence-corrected chi connectivity index (χ3v) is 6.50. The van der Waals surface area contributed by atoms with Crippen LogP contribution in [0.2, 0.25) is 0 Å². The number of benzene rings is 3. The monoisotopic (exact) mass is 492 g/mol. The number of aliphatic carboxylic acids is 1. The smallest absolute Gasteiger partial charge is 0.304 e. The SMILES string of the molecule is CN(C(=O)C(CC(=O)O)Cc1ccccc1)c1nc(-c2ccccc2-c2cc(F)cc(F)c2)cs1. The van der Waals surface area contributed by atoms with Gasteiger partial charge < -0.3 is 5.11 Å². The number of halogens is 2. The number of carboxylic acid groups (broad SMARTS) is 1. The Hall–Kier alpha value is -3.91. The number of carboxylic acids is 1. The summed E-state index contributed by atoms with van der Waals surface area (Å²) in [5.41, 5.74) is 3.05. The van der Waals surface area contributed by atoms with Gasteiger partial charge in [0.05, 0.1) is 18.0 Å². The van der Waals surface area contributed by atoms with Crippen LogP contribution in [0.25, 0.3) is 22.4 Å². The number of hydrogen-bond donors (Lipinski definition) is 1. The largest absolute Gasteiger partial charge is 0.481 e. The first-order chi connectivity index (χ1) is 16.8. The van der Waals surface area contributed by atoms with Crippen molar-refractivity contribution >= 4 is 28.3 Å². The highest BCUT2D eigenvalue weighted by molar-refractivity contribution is 7.14. The Balaban J connectivity index is 1.62. The van der Waals surface area contributed by atoms with Crippen LogP contribution in [-0.4, -0.2) is 29.0 Å². The lowest BCUT2D eigenvalue weighted by Gasteiger charge is -2.21. The molecule has 0 saturated heterocycles. The Bertz CT molecular complexity index is 1340. The molecule has 1 N–H and O–H groups in total. The average Bonchev–Trinajstić information content (AvgIpc) is 3.33. The first-order valence-corrected chi connectivity index (χ1v) is 11.7. The van der Waals surface area contributed by atoms with Crippen LogP contribution < -0.4 is 4.90 Å². The van der Waals surface area contributed by atoms with Gasteiger partial charge in [-0.15, -0.1) is 11.3 Å². The number of aromatic nitrogens is 1. The van der Waals surface area contributed by atoms with Crippen molar-refractivity contribution in [3.05, 3.63) is 95.4 Å². The minimum Gasteiger partial charge on any atom is -0.481 e. The number of carbonyl (C=O) groups is 2. The Kier molecular flexibility index (Phi) is 7.31. The summed E-state index contributed by atoms with van der Waals surface area (Å²) >= 11 is 1.23. The molecule has 0 aliphatic carbocycles. The first kappa shape index (κ1) is 24.2. The highest BCUT2D eigenvalue weighted by atomic mass is 32.1. The van der Waals surface area contributed by atoms with Gasteiger partial charge in [0.15, 0.2) is 5.13 Å². The van der Waals surface area contributed by atoms with E-state index in [2.05, 4.69) is 4.98 Å². The van der Waals surface area contributed by atoms with E-state index in [1.807, 2.05) is 30.3 Å². The molecule has 178 valence electrons. The predicted octanol–water partition coefficient (Wildman–Crippen LogP) is 6.05. The minimum absolute atomic E-state index is 0.294. The molecule has 0 aliphatic rings. The number of nitrogens with zero attached hydrogens (tertiary/aromatic N) is 2. The van der Waals surface area contributed by atoms with E-state index in [0.717, 1.165) is 11.6 Å². The van der Waals surface area contributed by atoms with E-state index < -0.39 is 23.5 Å². The molecule has 8 heteroatoms. The molecule has 35 heavy (non-hydrogen) atoms. The zero-order valence-electron chi connectivity index (χ0n) is 18.8. The van der Waals surface area contributed by atoms with E-state index in [9.17, 15) is 23.5 Å². The Morgan fingerprint density at radius 2 is 1.60 bits per heavy atom. The third-order valence-electron chi connectivity index (χ3n) is 5.58. The number of carbonyl (C=O) groups excluding carboxylic acids is 1. The van der Waals surface area contributed by atoms with Gasteiger partial charge in [0, 0.05) is 24.1 Å². The lowest BCUT2D eigenvalue weighted by molar-refractivity contribution is -0.140. The lowest BCUT2D eigenvalue weighted by Crippen LogP contribution is -2.35. The summed E-state index contributed by atoms with van der Waals surface area (Å²) in [4.78, 5) is 30.6. The topological polar surface area (TPSA) is 70.5 Å². The van der Waals surface area contributed by atoms with E-state index in [4.69, 9.17) is 0 Å². The fraction of sp³-hybridized carbons (Fsp3) is 0.148. The molecular formula is C27H22F2N2O3S. The fourth-order valence-electron chi connectivity index (χ4n) is 3.93. The summed E-state index contributed by atoms with van der Waals surface area (Å²) in [6.07, 6.45) is -0.00716. The van der Waals surface area contributed by atoms with Crippen LogP contribution in [-0.2, 0) is 16.0 Å². The molecule has 1 heterocycles. The summed E-state index contributed by atoms with van der Waals surface area (Å²) in [6, 6.07) is 19.7. The van der Waals surface area contributed by atoms with Gasteiger partial charge in [0.2, 0.25) is 5.91 Å². The van der Waals surface area contributed by atoms with Gasteiger partial charge in [-0.3, -0.25) is 14.5 Å². The molecule has 0 saturated carbocycles. The molecule has 4 aromatic rings. The van der Waals surface area contributed by atoms with Crippen molar-refractivity contribution in [3.63, 3.8) is 0 Å². The predicted molar refractivity (Wildman–Crippen MR) is 132 cm³/mol. The lowest BCUT2D eigenvalue weighted by atomic mass is 9.95. The Labute approximate surface area is 205 Å². The second-order valence-corrected chi connectivity index (χ2v) is 8.94. The van der Waals surface area contributed by atoms with Gasteiger partial charge >= 0.3 is 5.97 Å². The van der Waals surface area contributed by atoms with Crippen LogP contribution in [0.4, 0.5) is 13.9 Å². The number of thiazole rings is 1. The zero-order chi connectivity index (χ0) is 24.9. The normalized spacial score (nSPS) is 11.7. The molecule has 1 atom stereocenters. The molecule has 0 bridgehead atoms. The van der Waals surface area contributed by atoms with Gasteiger partial charge in [-0.25, -0.2) is 13.8 Å². The molecule has 1 amide bonds. The van der Waals surface area contributed by atoms with Gasteiger partial charge in [0.25, 0.3) is 0 Å². The molecule has 0 spiro atoms. The zero-order valence-corrected chi connectivity index (χ0v) is 19.6. The number of rotatable bonds is 8. The Morgan fingerprint density at radius 1 is 0.971 bits per heavy atom. The Morgan fingerprint density at radius 3 is 2.26 bits per heavy atom. The summed E-state index contributed by atoms with van der Waals surface area (Å²) in [5, 5.41) is 11.5. The quantitative estimate of drug-likeness (QED) is 0.325. The van der Waals surface area contributed by atoms with E-state index in [1.54, 1.807) is 36.7 Å². The van der Waals surface area contributed by atoms with E-state index >= 15 is 0 Å². The van der Waals surface area contributed by atoms with Crippen LogP contribution in [0.1, 0.15) is 12.0 Å². The average molecular weight is 493 g/mol. The molecule has 3 aromatic carbocycles. The van der Waals surface area contributed by atoms with E-state index in [-0.39, 0.29) is 12.3 Å². The van der Waals surface area contributed by atoms with Crippen molar-refractivity contribution in [1.82, 2.24) is 4.98 Å². The summed E-state index contributed by atoms with van der Waals surface area (Å²) in [5.74, 6) is -3.51. The standard InChI is InChI=1S/C27H22F2N2O3S/c1-31(26(34)19(14-25(32)33)11-17-7-3-2-4-8-17)27-30-24(16-35-27)23-10-6-5-9-22(23)18-12-20(28)15-21(29)13-18/h2-10,12-13,15-16,19H,11,14H2,1H3,(H,32,33). The van der Waals surface area contributed by atoms with Crippen LogP contribution in [0, 0.1) is 17.6 Å². The fourth-order valence-corrected chi connectivity index (χ4v) is 4.73. The van der Waals surface area contributed by atoms with Crippen molar-refractivity contribution in [2.45, 2.75) is 12.8 Å². The third kappa shape index (κ3) is 5.78. The molecule has 0 fully saturated rings. The highest BCUT2D eigenvalue weighted by Gasteiger charge is 2.27. The van der Waals surface area contributed by atoms with E-state index in [1.165, 1.54) is 28.4 Å². The van der Waals surface area contributed by atoms with Crippen molar-refractivity contribution in [1.29, 1.82) is 0 Å². The highest BCUT2D eigenvalue weighted by Crippen LogP contribution is 2.35. The maximum absolute atomic E-state index is 13.8. The van der Waals surface area contributed by atoms with Gasteiger partial charge in [0.1, 0.15) is 11.6 Å². The number of amides is 1. The molecule has 1 aromatic heterocycles. The molecule has 0 radical (unpaired) electrons. The van der Waals surface area contributed by atoms with Crippen LogP contribution in [0.15, 0.2) is 78.2 Å². The van der Waals surface area contributed by atoms with Gasteiger partial charge in [-0.05, 0) is 35.2 Å². The molecule has 0 aliphatic heterocycles. The maximum atomic E-state index is 13.8. The van der Waals surface area contributed by atoms with Crippen LogP contribution >= 0.6 is 11.3 Å². The van der Waals surface area contributed by atoms with Gasteiger partial charge in [-0.1, -0.05) is 54.6 Å². The summed E-state index contributed by atoms with van der Waals surface area (Å²) < 4.78 is 27.7. The summed E-state index contributed by atoms with van der Waals surface area (Å²) in [6.45, 7) is 0. The maximum Gasteiger partial charge on any atom is 0.304 e. The van der Waals surface area contributed by atoms with Gasteiger partial charge in [-0.2, -0.15) is 0 Å². The first-order valence-electron chi connectivity index (χ1n) is 10.9. The minimum atomic E-state index is -1.05.